The smallest absolute Gasteiger partial charge is 0.312 e. The molecule has 3 unspecified atom stereocenters. The second-order valence-corrected chi connectivity index (χ2v) is 10.1. The molecule has 0 saturated carbocycles. The van der Waals surface area contributed by atoms with Crippen LogP contribution in [0.5, 0.6) is 0 Å². The lowest BCUT2D eigenvalue weighted by molar-refractivity contribution is -0.155. The second kappa shape index (κ2) is 11.1. The first kappa shape index (κ1) is 25.9. The molecule has 33 heavy (non-hydrogen) atoms. The zero-order valence-corrected chi connectivity index (χ0v) is 20.9. The summed E-state index contributed by atoms with van der Waals surface area (Å²) in [6.07, 6.45) is 6.57. The Labute approximate surface area is 204 Å². The minimum Gasteiger partial charge on any atom is -0.465 e. The number of hydrogen-bond donors (Lipinski definition) is 1. The van der Waals surface area contributed by atoms with Crippen LogP contribution in [0.2, 0.25) is 0 Å². The topological polar surface area (TPSA) is 96.4 Å². The fourth-order valence-electron chi connectivity index (χ4n) is 5.54. The van der Waals surface area contributed by atoms with Gasteiger partial charge >= 0.3 is 5.97 Å². The van der Waals surface area contributed by atoms with Crippen molar-refractivity contribution in [3.05, 3.63) is 25.3 Å². The van der Waals surface area contributed by atoms with Gasteiger partial charge in [-0.15, -0.1) is 13.2 Å². The number of likely N-dealkylation sites (tertiary alicyclic amines) is 1. The molecule has 0 aliphatic carbocycles. The van der Waals surface area contributed by atoms with Crippen molar-refractivity contribution >= 4 is 33.7 Å². The molecular weight excluding hydrogens is 492 g/mol. The van der Waals surface area contributed by atoms with Gasteiger partial charge in [-0.05, 0) is 19.3 Å². The number of rotatable bonds is 13. The van der Waals surface area contributed by atoms with Crippen molar-refractivity contribution in [2.45, 2.75) is 61.6 Å². The van der Waals surface area contributed by atoms with E-state index >= 15 is 0 Å². The van der Waals surface area contributed by atoms with Crippen molar-refractivity contribution in [1.82, 2.24) is 9.80 Å². The van der Waals surface area contributed by atoms with Gasteiger partial charge in [-0.2, -0.15) is 0 Å². The molecule has 6 atom stereocenters. The molecule has 3 saturated heterocycles. The largest absolute Gasteiger partial charge is 0.465 e. The molecule has 3 fully saturated rings. The van der Waals surface area contributed by atoms with E-state index in [1.165, 1.54) is 4.90 Å². The molecule has 2 amide bonds. The summed E-state index contributed by atoms with van der Waals surface area (Å²) >= 11 is 3.62. The molecular formula is C24H35BrN2O6. The molecule has 3 aliphatic rings. The van der Waals surface area contributed by atoms with Crippen molar-refractivity contribution in [1.29, 1.82) is 0 Å². The Kier molecular flexibility index (Phi) is 8.75. The Morgan fingerprint density at radius 3 is 2.76 bits per heavy atom. The first-order valence-electron chi connectivity index (χ1n) is 11.8. The van der Waals surface area contributed by atoms with Crippen LogP contribution in [-0.4, -0.2) is 88.1 Å². The molecule has 0 radical (unpaired) electrons. The number of carbonyl (C=O) groups is 3. The molecule has 9 heteroatoms. The highest BCUT2D eigenvalue weighted by atomic mass is 79.9. The van der Waals surface area contributed by atoms with Gasteiger partial charge in [0.25, 0.3) is 0 Å². The van der Waals surface area contributed by atoms with Gasteiger partial charge in [0.2, 0.25) is 11.8 Å². The highest BCUT2D eigenvalue weighted by molar-refractivity contribution is 9.09. The van der Waals surface area contributed by atoms with E-state index in [-0.39, 0.29) is 36.4 Å². The van der Waals surface area contributed by atoms with Crippen molar-refractivity contribution in [3.8, 4) is 0 Å². The average Bonchev–Trinajstić information content (AvgIpc) is 3.37. The first-order chi connectivity index (χ1) is 15.9. The molecule has 8 nitrogen and oxygen atoms in total. The number of amides is 2. The number of halogens is 1. The minimum absolute atomic E-state index is 0.00356. The first-order valence-corrected chi connectivity index (χ1v) is 12.7. The lowest BCUT2D eigenvalue weighted by Gasteiger charge is -2.37. The molecule has 3 aliphatic heterocycles. The van der Waals surface area contributed by atoms with Gasteiger partial charge in [-0.1, -0.05) is 47.8 Å². The van der Waals surface area contributed by atoms with E-state index < -0.39 is 35.6 Å². The maximum absolute atomic E-state index is 13.9. The van der Waals surface area contributed by atoms with Crippen molar-refractivity contribution in [2.75, 3.05) is 32.8 Å². The van der Waals surface area contributed by atoms with E-state index in [0.29, 0.717) is 25.9 Å². The monoisotopic (exact) mass is 526 g/mol. The zero-order valence-electron chi connectivity index (χ0n) is 19.3. The minimum atomic E-state index is -1.13. The van der Waals surface area contributed by atoms with E-state index in [4.69, 9.17) is 9.47 Å². The van der Waals surface area contributed by atoms with Gasteiger partial charge in [0, 0.05) is 24.5 Å². The number of aliphatic hydroxyl groups is 1. The van der Waals surface area contributed by atoms with E-state index in [9.17, 15) is 19.5 Å². The van der Waals surface area contributed by atoms with Crippen molar-refractivity contribution in [3.63, 3.8) is 0 Å². The van der Waals surface area contributed by atoms with Gasteiger partial charge in [0.1, 0.15) is 11.6 Å². The van der Waals surface area contributed by atoms with Gasteiger partial charge in [-0.3, -0.25) is 14.4 Å². The van der Waals surface area contributed by atoms with E-state index in [2.05, 4.69) is 36.0 Å². The highest BCUT2D eigenvalue weighted by Gasteiger charge is 2.77. The van der Waals surface area contributed by atoms with Gasteiger partial charge in [0.15, 0.2) is 0 Å². The van der Waals surface area contributed by atoms with Crippen LogP contribution in [0.25, 0.3) is 0 Å². The molecule has 184 valence electrons. The summed E-state index contributed by atoms with van der Waals surface area (Å²) in [4.78, 5) is 43.4. The van der Waals surface area contributed by atoms with Crippen LogP contribution in [0.4, 0.5) is 0 Å². The lowest BCUT2D eigenvalue weighted by atomic mass is 9.70. The SMILES string of the molecule is C=CCCOC(=O)[C@H]1[C@H]2C(=O)N(CCO)C(C(=O)N(CC=C)CCCCC)C23CC(Br)[C@@H]1O3. The molecule has 3 rings (SSSR count). The number of alkyl halides is 1. The highest BCUT2D eigenvalue weighted by Crippen LogP contribution is 2.60. The Bertz CT molecular complexity index is 776. The Balaban J connectivity index is 1.94. The van der Waals surface area contributed by atoms with Crippen LogP contribution in [0.15, 0.2) is 25.3 Å². The summed E-state index contributed by atoms with van der Waals surface area (Å²) in [5.74, 6) is -2.66. The van der Waals surface area contributed by atoms with Gasteiger partial charge < -0.3 is 24.4 Å². The Morgan fingerprint density at radius 2 is 2.12 bits per heavy atom. The number of unbranched alkanes of at least 4 members (excludes halogenated alkanes) is 2. The third-order valence-corrected chi connectivity index (χ3v) is 7.74. The predicted molar refractivity (Wildman–Crippen MR) is 127 cm³/mol. The molecule has 0 aromatic heterocycles. The normalized spacial score (nSPS) is 32.0. The fourth-order valence-corrected chi connectivity index (χ4v) is 6.48. The second-order valence-electron chi connectivity index (χ2n) is 8.94. The summed E-state index contributed by atoms with van der Waals surface area (Å²) in [6.45, 7) is 10.3. The number of ether oxygens (including phenoxy) is 2. The summed E-state index contributed by atoms with van der Waals surface area (Å²) < 4.78 is 11.8. The average molecular weight is 527 g/mol. The van der Waals surface area contributed by atoms with Crippen LogP contribution < -0.4 is 0 Å². The fraction of sp³-hybridized carbons (Fsp3) is 0.708. The van der Waals surface area contributed by atoms with Crippen LogP contribution in [0.3, 0.4) is 0 Å². The summed E-state index contributed by atoms with van der Waals surface area (Å²) in [6, 6.07) is -0.903. The van der Waals surface area contributed by atoms with Crippen molar-refractivity contribution < 1.29 is 29.0 Å². The molecule has 1 N–H and O–H groups in total. The Morgan fingerprint density at radius 1 is 1.36 bits per heavy atom. The lowest BCUT2D eigenvalue weighted by Crippen LogP contribution is -2.57. The third-order valence-electron chi connectivity index (χ3n) is 6.90. The summed E-state index contributed by atoms with van der Waals surface area (Å²) in [5, 5.41) is 9.67. The summed E-state index contributed by atoms with van der Waals surface area (Å²) in [5.41, 5.74) is -1.13. The van der Waals surface area contributed by atoms with Gasteiger partial charge in [0.05, 0.1) is 31.2 Å². The number of β-amino-alcohol motifs (C(OH)–C–C–N with tert-alkyl or cyclic N) is 1. The molecule has 1 spiro atoms. The van der Waals surface area contributed by atoms with Crippen LogP contribution in [-0.2, 0) is 23.9 Å². The quantitative estimate of drug-likeness (QED) is 0.171. The molecule has 0 aromatic carbocycles. The number of aliphatic hydroxyl groups excluding tert-OH is 1. The maximum atomic E-state index is 13.9. The number of esters is 1. The molecule has 2 bridgehead atoms. The maximum Gasteiger partial charge on any atom is 0.312 e. The third kappa shape index (κ3) is 4.64. The molecule has 3 heterocycles. The number of hydrogen-bond acceptors (Lipinski definition) is 6. The van der Waals surface area contributed by atoms with E-state index in [1.54, 1.807) is 17.1 Å². The van der Waals surface area contributed by atoms with E-state index in [1.807, 2.05) is 0 Å². The standard InChI is InChI=1S/C24H35BrN2O6/c1-4-7-9-11-26(10-6-3)22(30)20-24-15-16(25)19(33-24)17(23(31)32-14-8-5-2)18(24)21(29)27(20)12-13-28/h5-6,16-20,28H,2-4,7-15H2,1H3/t16?,17-,18-,19-,20?,24?/m0/s1. The predicted octanol–water partition coefficient (Wildman–Crippen LogP) is 2.05. The Hall–Kier alpha value is -1.71. The summed E-state index contributed by atoms with van der Waals surface area (Å²) in [7, 11) is 0. The number of carbonyl (C=O) groups excluding carboxylic acids is 3. The van der Waals surface area contributed by atoms with Crippen LogP contribution in [0.1, 0.15) is 39.0 Å². The van der Waals surface area contributed by atoms with Gasteiger partial charge in [-0.25, -0.2) is 0 Å². The van der Waals surface area contributed by atoms with Crippen LogP contribution >= 0.6 is 15.9 Å². The zero-order chi connectivity index (χ0) is 24.2. The molecule has 0 aromatic rings. The van der Waals surface area contributed by atoms with Crippen molar-refractivity contribution in [2.24, 2.45) is 11.8 Å². The van der Waals surface area contributed by atoms with Crippen LogP contribution in [0, 0.1) is 11.8 Å². The number of nitrogens with zero attached hydrogens (tertiary/aromatic N) is 2. The number of fused-ring (bicyclic) bond motifs is 1. The van der Waals surface area contributed by atoms with E-state index in [0.717, 1.165) is 19.3 Å².